The van der Waals surface area contributed by atoms with Gasteiger partial charge in [0.1, 0.15) is 23.1 Å². The predicted molar refractivity (Wildman–Crippen MR) is 124 cm³/mol. The maximum atomic E-state index is 14.0. The molecule has 3 aromatic carbocycles. The van der Waals surface area contributed by atoms with Crippen LogP contribution in [0.1, 0.15) is 0 Å². The smallest absolute Gasteiger partial charge is 0.400 e. The summed E-state index contributed by atoms with van der Waals surface area (Å²) >= 11 is 0. The van der Waals surface area contributed by atoms with E-state index in [1.165, 1.54) is 12.1 Å². The third-order valence-corrected chi connectivity index (χ3v) is 6.11. The molecule has 2 heterocycles. The second-order valence-corrected chi connectivity index (χ2v) is 8.62. The number of nitrogens with one attached hydrogen (secondary N) is 1. The first-order chi connectivity index (χ1) is 16.1. The molecular formula is C24H18FN4O3P. The summed E-state index contributed by atoms with van der Waals surface area (Å²) in [4.78, 5) is 8.60. The monoisotopic (exact) mass is 460 g/mol. The Kier molecular flexibility index (Phi) is 5.50. The highest BCUT2D eigenvalue weighted by Gasteiger charge is 2.31. The molecule has 1 N–H and O–H groups in total. The van der Waals surface area contributed by atoms with Crippen LogP contribution in [0.3, 0.4) is 0 Å². The average molecular weight is 460 g/mol. The number of halogens is 1. The maximum Gasteiger partial charge on any atom is 0.542 e. The summed E-state index contributed by atoms with van der Waals surface area (Å²) in [5, 5.41) is 3.47. The maximum absolute atomic E-state index is 14.0. The molecule has 0 saturated carbocycles. The lowest BCUT2D eigenvalue weighted by Gasteiger charge is -2.21. The van der Waals surface area contributed by atoms with Crippen molar-refractivity contribution < 1.29 is 18.0 Å². The molecule has 0 aliphatic heterocycles. The molecule has 0 unspecified atom stereocenters. The van der Waals surface area contributed by atoms with Crippen LogP contribution in [-0.4, -0.2) is 14.5 Å². The van der Waals surface area contributed by atoms with Gasteiger partial charge in [-0.25, -0.2) is 18.9 Å². The van der Waals surface area contributed by atoms with E-state index in [0.717, 1.165) is 0 Å². The Bertz CT molecular complexity index is 1380. The summed E-state index contributed by atoms with van der Waals surface area (Å²) in [5.41, 5.74) is 0.621. The van der Waals surface area contributed by atoms with Gasteiger partial charge in [0.2, 0.25) is 5.95 Å². The van der Waals surface area contributed by atoms with Crippen molar-refractivity contribution in [1.82, 2.24) is 14.5 Å². The van der Waals surface area contributed by atoms with E-state index < -0.39 is 13.6 Å². The van der Waals surface area contributed by atoms with Gasteiger partial charge in [0, 0.05) is 17.8 Å². The van der Waals surface area contributed by atoms with E-state index in [9.17, 15) is 8.96 Å². The molecule has 7 nitrogen and oxygen atoms in total. The number of fused-ring (bicyclic) bond motifs is 1. The van der Waals surface area contributed by atoms with Gasteiger partial charge in [-0.15, -0.1) is 0 Å². The van der Waals surface area contributed by atoms with Gasteiger partial charge in [0.25, 0.3) is 0 Å². The number of rotatable bonds is 7. The number of hydrogen-bond donors (Lipinski definition) is 1. The molecule has 0 aliphatic rings. The normalized spacial score (nSPS) is 11.3. The van der Waals surface area contributed by atoms with Crippen molar-refractivity contribution in [3.63, 3.8) is 0 Å². The van der Waals surface area contributed by atoms with Crippen molar-refractivity contribution in [2.75, 3.05) is 5.09 Å². The van der Waals surface area contributed by atoms with Gasteiger partial charge in [-0.2, -0.15) is 0 Å². The molecule has 0 amide bonds. The average Bonchev–Trinajstić information content (AvgIpc) is 3.17. The van der Waals surface area contributed by atoms with E-state index in [4.69, 9.17) is 9.05 Å². The zero-order valence-electron chi connectivity index (χ0n) is 17.2. The molecule has 0 fully saturated rings. The number of aromatic nitrogens is 3. The molecule has 164 valence electrons. The largest absolute Gasteiger partial charge is 0.542 e. The number of para-hydroxylation sites is 2. The van der Waals surface area contributed by atoms with Crippen molar-refractivity contribution in [2.24, 2.45) is 0 Å². The Labute approximate surface area is 189 Å². The predicted octanol–water partition coefficient (Wildman–Crippen LogP) is 6.24. The van der Waals surface area contributed by atoms with Crippen LogP contribution in [0.25, 0.3) is 16.9 Å². The van der Waals surface area contributed by atoms with Crippen LogP contribution in [0.5, 0.6) is 11.5 Å². The first-order valence-electron chi connectivity index (χ1n) is 10.1. The van der Waals surface area contributed by atoms with Crippen LogP contribution in [0.2, 0.25) is 0 Å². The molecule has 0 bridgehead atoms. The summed E-state index contributed by atoms with van der Waals surface area (Å²) in [6.45, 7) is 0. The summed E-state index contributed by atoms with van der Waals surface area (Å²) in [6.07, 6.45) is 3.17. The van der Waals surface area contributed by atoms with E-state index in [-0.39, 0.29) is 0 Å². The van der Waals surface area contributed by atoms with E-state index >= 15 is 0 Å². The van der Waals surface area contributed by atoms with E-state index in [2.05, 4.69) is 15.1 Å². The van der Waals surface area contributed by atoms with Crippen molar-refractivity contribution in [2.45, 2.75) is 0 Å². The van der Waals surface area contributed by atoms with Gasteiger partial charge >= 0.3 is 7.75 Å². The highest BCUT2D eigenvalue weighted by Crippen LogP contribution is 2.49. The lowest BCUT2D eigenvalue weighted by molar-refractivity contribution is 0.392. The van der Waals surface area contributed by atoms with Gasteiger partial charge < -0.3 is 9.05 Å². The standard InChI is InChI=1S/C24H18FN4O3P/c25-19-12-13-22-18(16-19)17-23(29(22)24-26-14-7-15-27-24)28-33(30,31-20-8-3-1-4-9-20)32-21-10-5-2-6-11-21/h1-17H,(H,28,30). The highest BCUT2D eigenvalue weighted by molar-refractivity contribution is 7.56. The number of hydrogen-bond acceptors (Lipinski definition) is 5. The van der Waals surface area contributed by atoms with Crippen molar-refractivity contribution in [3.05, 3.63) is 109 Å². The zero-order chi connectivity index (χ0) is 22.7. The topological polar surface area (TPSA) is 78.3 Å². The number of nitrogens with zero attached hydrogens (tertiary/aromatic N) is 3. The molecule has 0 saturated heterocycles. The van der Waals surface area contributed by atoms with Crippen LogP contribution in [-0.2, 0) is 4.57 Å². The molecular weight excluding hydrogens is 442 g/mol. The minimum atomic E-state index is -4.02. The van der Waals surface area contributed by atoms with Gasteiger partial charge in [-0.1, -0.05) is 36.4 Å². The van der Waals surface area contributed by atoms with Crippen molar-refractivity contribution in [3.8, 4) is 17.4 Å². The second kappa shape index (κ2) is 8.76. The lowest BCUT2D eigenvalue weighted by atomic mass is 10.2. The molecule has 5 aromatic rings. The molecule has 0 atom stereocenters. The van der Waals surface area contributed by atoms with E-state index in [0.29, 0.717) is 34.2 Å². The van der Waals surface area contributed by atoms with Crippen LogP contribution < -0.4 is 14.1 Å². The summed E-state index contributed by atoms with van der Waals surface area (Å²) < 4.78 is 41.2. The van der Waals surface area contributed by atoms with Crippen LogP contribution in [0.15, 0.2) is 103 Å². The highest BCUT2D eigenvalue weighted by atomic mass is 31.2. The fraction of sp³-hybridized carbons (Fsp3) is 0. The molecule has 5 rings (SSSR count). The molecule has 0 spiro atoms. The van der Waals surface area contributed by atoms with Gasteiger partial charge in [0.05, 0.1) is 5.52 Å². The molecule has 2 aromatic heterocycles. The minimum Gasteiger partial charge on any atom is -0.400 e. The molecule has 0 aliphatic carbocycles. The fourth-order valence-corrected chi connectivity index (χ4v) is 4.71. The molecule has 33 heavy (non-hydrogen) atoms. The third kappa shape index (κ3) is 4.56. The second-order valence-electron chi connectivity index (χ2n) is 7.03. The van der Waals surface area contributed by atoms with Gasteiger partial charge in [-0.3, -0.25) is 9.65 Å². The fourth-order valence-electron chi connectivity index (χ4n) is 3.34. The molecule has 9 heteroatoms. The first-order valence-corrected chi connectivity index (χ1v) is 11.6. The van der Waals surface area contributed by atoms with Crippen molar-refractivity contribution >= 4 is 24.5 Å². The minimum absolute atomic E-state index is 0.313. The Morgan fingerprint density at radius 1 is 0.788 bits per heavy atom. The molecule has 0 radical (unpaired) electrons. The van der Waals surface area contributed by atoms with Crippen molar-refractivity contribution in [1.29, 1.82) is 0 Å². The summed E-state index contributed by atoms with van der Waals surface area (Å²) in [5.74, 6) is 0.942. The summed E-state index contributed by atoms with van der Waals surface area (Å²) in [6, 6.07) is 25.0. The number of benzene rings is 3. The van der Waals surface area contributed by atoms with E-state index in [1.807, 2.05) is 12.1 Å². The SMILES string of the molecule is O=P(Nc1cc2cc(F)ccc2n1-c1ncccn1)(Oc1ccccc1)Oc1ccccc1. The lowest BCUT2D eigenvalue weighted by Crippen LogP contribution is -2.13. The third-order valence-electron chi connectivity index (χ3n) is 4.70. The van der Waals surface area contributed by atoms with E-state index in [1.54, 1.807) is 83.7 Å². The quantitative estimate of drug-likeness (QED) is 0.290. The van der Waals surface area contributed by atoms with Gasteiger partial charge in [0.15, 0.2) is 0 Å². The Morgan fingerprint density at radius 2 is 1.39 bits per heavy atom. The zero-order valence-corrected chi connectivity index (χ0v) is 18.1. The first kappa shape index (κ1) is 20.7. The van der Waals surface area contributed by atoms with Gasteiger partial charge in [-0.05, 0) is 54.6 Å². The number of anilines is 1. The van der Waals surface area contributed by atoms with Crippen LogP contribution in [0, 0.1) is 5.82 Å². The Hall–Kier alpha value is -4.16. The Balaban J connectivity index is 1.61. The Morgan fingerprint density at radius 3 is 2.00 bits per heavy atom. The van der Waals surface area contributed by atoms with Crippen LogP contribution in [0.4, 0.5) is 10.2 Å². The van der Waals surface area contributed by atoms with Crippen LogP contribution >= 0.6 is 7.75 Å². The summed E-state index contributed by atoms with van der Waals surface area (Å²) in [7, 11) is -4.02.